The SMILES string of the molecule is CC1CCCN(C(=O)CS(=O)(=O)c2nnc(COc3ccc(Cl)cc3)o2)C1. The summed E-state index contributed by atoms with van der Waals surface area (Å²) in [6.07, 6.45) is 1.91. The zero-order valence-corrected chi connectivity index (χ0v) is 16.4. The van der Waals surface area contributed by atoms with Crippen LogP contribution in [0.4, 0.5) is 0 Å². The highest BCUT2D eigenvalue weighted by atomic mass is 35.5. The van der Waals surface area contributed by atoms with Crippen LogP contribution in [-0.4, -0.2) is 48.3 Å². The van der Waals surface area contributed by atoms with Gasteiger partial charge >= 0.3 is 5.22 Å². The number of sulfone groups is 1. The van der Waals surface area contributed by atoms with Gasteiger partial charge in [-0.15, -0.1) is 5.10 Å². The van der Waals surface area contributed by atoms with Gasteiger partial charge in [0.15, 0.2) is 6.61 Å². The number of likely N-dealkylation sites (tertiary alicyclic amines) is 1. The van der Waals surface area contributed by atoms with Crippen molar-refractivity contribution in [3.63, 3.8) is 0 Å². The second-order valence-electron chi connectivity index (χ2n) is 6.55. The molecule has 0 N–H and O–H groups in total. The number of piperidine rings is 1. The molecule has 2 heterocycles. The number of amides is 1. The monoisotopic (exact) mass is 413 g/mol. The standard InChI is InChI=1S/C17H20ClN3O5S/c1-12-3-2-8-21(9-12)16(22)11-27(23,24)17-20-19-15(26-17)10-25-14-6-4-13(18)5-7-14/h4-7,12H,2-3,8-11H2,1H3. The Bertz CT molecular complexity index is 898. The first-order valence-corrected chi connectivity index (χ1v) is 10.6. The van der Waals surface area contributed by atoms with Crippen molar-refractivity contribution < 1.29 is 22.4 Å². The molecule has 3 rings (SSSR count). The van der Waals surface area contributed by atoms with Gasteiger partial charge in [0.2, 0.25) is 15.7 Å². The highest BCUT2D eigenvalue weighted by molar-refractivity contribution is 7.91. The van der Waals surface area contributed by atoms with Crippen molar-refractivity contribution in [2.24, 2.45) is 5.92 Å². The number of rotatable bonds is 6. The predicted octanol–water partition coefficient (Wildman–Crippen LogP) is 2.33. The lowest BCUT2D eigenvalue weighted by molar-refractivity contribution is -0.130. The lowest BCUT2D eigenvalue weighted by Crippen LogP contribution is -2.42. The third-order valence-electron chi connectivity index (χ3n) is 4.21. The van der Waals surface area contributed by atoms with Crippen LogP contribution in [0.15, 0.2) is 33.9 Å². The maximum Gasteiger partial charge on any atom is 0.336 e. The van der Waals surface area contributed by atoms with Crippen LogP contribution in [0, 0.1) is 5.92 Å². The van der Waals surface area contributed by atoms with E-state index in [9.17, 15) is 13.2 Å². The third kappa shape index (κ3) is 5.20. The summed E-state index contributed by atoms with van der Waals surface area (Å²) in [7, 11) is -4.00. The number of carbonyl (C=O) groups excluding carboxylic acids is 1. The molecule has 0 bridgehead atoms. The van der Waals surface area contributed by atoms with Crippen LogP contribution < -0.4 is 4.74 Å². The quantitative estimate of drug-likeness (QED) is 0.715. The van der Waals surface area contributed by atoms with Gasteiger partial charge in [-0.25, -0.2) is 8.42 Å². The molecule has 0 spiro atoms. The maximum atomic E-state index is 12.4. The van der Waals surface area contributed by atoms with E-state index in [0.717, 1.165) is 12.8 Å². The van der Waals surface area contributed by atoms with E-state index in [0.29, 0.717) is 29.8 Å². The number of hydrogen-bond acceptors (Lipinski definition) is 7. The van der Waals surface area contributed by atoms with E-state index in [1.54, 1.807) is 29.2 Å². The fraction of sp³-hybridized carbons (Fsp3) is 0.471. The number of aromatic nitrogens is 2. The van der Waals surface area contributed by atoms with Crippen molar-refractivity contribution in [3.05, 3.63) is 35.2 Å². The smallest absolute Gasteiger partial charge is 0.336 e. The summed E-state index contributed by atoms with van der Waals surface area (Å²) in [4.78, 5) is 13.9. The zero-order chi connectivity index (χ0) is 19.4. The molecule has 1 saturated heterocycles. The molecule has 1 atom stereocenters. The molecule has 1 aromatic carbocycles. The predicted molar refractivity (Wildman–Crippen MR) is 97.1 cm³/mol. The van der Waals surface area contributed by atoms with E-state index < -0.39 is 26.7 Å². The number of ether oxygens (including phenoxy) is 1. The molecule has 1 fully saturated rings. The van der Waals surface area contributed by atoms with Crippen LogP contribution in [0.5, 0.6) is 5.75 Å². The number of halogens is 1. The fourth-order valence-corrected chi connectivity index (χ4v) is 3.98. The topological polar surface area (TPSA) is 103 Å². The second-order valence-corrected chi connectivity index (χ2v) is 8.85. The van der Waals surface area contributed by atoms with E-state index >= 15 is 0 Å². The summed E-state index contributed by atoms with van der Waals surface area (Å²) in [5.41, 5.74) is 0. The summed E-state index contributed by atoms with van der Waals surface area (Å²) >= 11 is 5.79. The van der Waals surface area contributed by atoms with Crippen LogP contribution in [0.2, 0.25) is 5.02 Å². The van der Waals surface area contributed by atoms with Gasteiger partial charge in [-0.3, -0.25) is 4.79 Å². The first-order valence-electron chi connectivity index (χ1n) is 8.55. The Kier molecular flexibility index (Phi) is 6.01. The van der Waals surface area contributed by atoms with Gasteiger partial charge in [0.05, 0.1) is 0 Å². The minimum Gasteiger partial charge on any atom is -0.484 e. The molecule has 0 radical (unpaired) electrons. The second kappa shape index (κ2) is 8.26. The van der Waals surface area contributed by atoms with Gasteiger partial charge in [0, 0.05) is 18.1 Å². The van der Waals surface area contributed by atoms with E-state index in [2.05, 4.69) is 10.2 Å². The average molecular weight is 414 g/mol. The first kappa shape index (κ1) is 19.6. The first-order chi connectivity index (χ1) is 12.8. The van der Waals surface area contributed by atoms with E-state index in [1.807, 2.05) is 6.92 Å². The molecule has 1 aromatic heterocycles. The summed E-state index contributed by atoms with van der Waals surface area (Å²) in [5.74, 6) is -0.234. The molecule has 2 aromatic rings. The van der Waals surface area contributed by atoms with Crippen molar-refractivity contribution in [1.29, 1.82) is 0 Å². The molecule has 0 saturated carbocycles. The fourth-order valence-electron chi connectivity index (χ4n) is 2.83. The highest BCUT2D eigenvalue weighted by Crippen LogP contribution is 2.19. The largest absolute Gasteiger partial charge is 0.484 e. The van der Waals surface area contributed by atoms with Crippen LogP contribution in [0.25, 0.3) is 0 Å². The average Bonchev–Trinajstić information content (AvgIpc) is 3.11. The summed E-state index contributed by atoms with van der Waals surface area (Å²) in [5, 5.41) is 7.22. The van der Waals surface area contributed by atoms with Crippen LogP contribution in [0.3, 0.4) is 0 Å². The number of hydrogen-bond donors (Lipinski definition) is 0. The lowest BCUT2D eigenvalue weighted by Gasteiger charge is -2.30. The van der Waals surface area contributed by atoms with Gasteiger partial charge in [-0.05, 0) is 43.0 Å². The van der Waals surface area contributed by atoms with E-state index in [-0.39, 0.29) is 12.5 Å². The Morgan fingerprint density at radius 3 is 2.78 bits per heavy atom. The number of carbonyl (C=O) groups is 1. The summed E-state index contributed by atoms with van der Waals surface area (Å²) in [6.45, 7) is 3.09. The third-order valence-corrected chi connectivity index (χ3v) is 5.79. The molecular weight excluding hydrogens is 394 g/mol. The normalized spacial score (nSPS) is 17.7. The van der Waals surface area contributed by atoms with Gasteiger partial charge in [-0.2, -0.15) is 0 Å². The molecule has 0 aliphatic carbocycles. The van der Waals surface area contributed by atoms with Crippen molar-refractivity contribution in [3.8, 4) is 5.75 Å². The van der Waals surface area contributed by atoms with Gasteiger partial charge in [0.25, 0.3) is 5.89 Å². The molecular formula is C17H20ClN3O5S. The number of benzene rings is 1. The molecule has 1 aliphatic rings. The number of nitrogens with zero attached hydrogens (tertiary/aromatic N) is 3. The molecule has 27 heavy (non-hydrogen) atoms. The Hall–Kier alpha value is -2.13. The Morgan fingerprint density at radius 1 is 1.33 bits per heavy atom. The molecule has 1 unspecified atom stereocenters. The van der Waals surface area contributed by atoms with Crippen LogP contribution in [-0.2, 0) is 21.2 Å². The Morgan fingerprint density at radius 2 is 2.07 bits per heavy atom. The van der Waals surface area contributed by atoms with Gasteiger partial charge in [-0.1, -0.05) is 23.6 Å². The minimum absolute atomic E-state index is 0.00238. The molecule has 146 valence electrons. The molecule has 8 nitrogen and oxygen atoms in total. The summed E-state index contributed by atoms with van der Waals surface area (Å²) in [6, 6.07) is 6.64. The van der Waals surface area contributed by atoms with E-state index in [4.69, 9.17) is 20.8 Å². The highest BCUT2D eigenvalue weighted by Gasteiger charge is 2.30. The van der Waals surface area contributed by atoms with Crippen molar-refractivity contribution >= 4 is 27.3 Å². The van der Waals surface area contributed by atoms with Gasteiger partial charge < -0.3 is 14.1 Å². The Labute approximate surface area is 162 Å². The van der Waals surface area contributed by atoms with Crippen molar-refractivity contribution in [1.82, 2.24) is 15.1 Å². The summed E-state index contributed by atoms with van der Waals surface area (Å²) < 4.78 is 35.4. The van der Waals surface area contributed by atoms with Crippen molar-refractivity contribution in [2.75, 3.05) is 18.8 Å². The van der Waals surface area contributed by atoms with E-state index in [1.165, 1.54) is 0 Å². The van der Waals surface area contributed by atoms with Gasteiger partial charge in [0.1, 0.15) is 11.5 Å². The maximum absolute atomic E-state index is 12.4. The Balaban J connectivity index is 1.60. The van der Waals surface area contributed by atoms with Crippen LogP contribution >= 0.6 is 11.6 Å². The lowest BCUT2D eigenvalue weighted by atomic mass is 10.0. The zero-order valence-electron chi connectivity index (χ0n) is 14.8. The minimum atomic E-state index is -4.00. The molecule has 10 heteroatoms. The molecule has 1 amide bonds. The molecule has 1 aliphatic heterocycles. The van der Waals surface area contributed by atoms with Crippen LogP contribution in [0.1, 0.15) is 25.7 Å². The van der Waals surface area contributed by atoms with Crippen molar-refractivity contribution in [2.45, 2.75) is 31.6 Å².